The van der Waals surface area contributed by atoms with Gasteiger partial charge in [0.1, 0.15) is 11.6 Å². The zero-order valence-electron chi connectivity index (χ0n) is 22.0. The van der Waals surface area contributed by atoms with Crippen LogP contribution in [0, 0.1) is 29.5 Å². The van der Waals surface area contributed by atoms with Crippen LogP contribution < -0.4 is 5.73 Å². The highest BCUT2D eigenvalue weighted by molar-refractivity contribution is 6.32. The summed E-state index contributed by atoms with van der Waals surface area (Å²) in [5.41, 5.74) is 1.84. The minimum absolute atomic E-state index is 0.00449. The van der Waals surface area contributed by atoms with Crippen LogP contribution in [0.25, 0.3) is 0 Å². The number of rotatable bonds is 4. The second-order valence-electron chi connectivity index (χ2n) is 11.6. The number of hydrogen-bond donors (Lipinski definition) is 3. The average Bonchev–Trinajstić information content (AvgIpc) is 2.85. The smallest absolute Gasteiger partial charge is 0.250 e. The molecule has 5 rings (SSSR count). The Balaban J connectivity index is 1.53. The van der Waals surface area contributed by atoms with E-state index in [1.807, 2.05) is 0 Å². The van der Waals surface area contributed by atoms with E-state index < -0.39 is 87.4 Å². The van der Waals surface area contributed by atoms with Gasteiger partial charge in [0.05, 0.1) is 17.5 Å². The quantitative estimate of drug-likeness (QED) is 0.435. The monoisotopic (exact) mass is 565 g/mol. The molecule has 1 heterocycles. The lowest BCUT2D eigenvalue weighted by Crippen LogP contribution is -2.74. The molecular formula is C27H30F3N3O7. The summed E-state index contributed by atoms with van der Waals surface area (Å²) in [7, 11) is 2.93. The predicted octanol–water partition coefficient (Wildman–Crippen LogP) is 0.237. The van der Waals surface area contributed by atoms with Gasteiger partial charge in [0.2, 0.25) is 5.91 Å². The highest BCUT2D eigenvalue weighted by Crippen LogP contribution is 2.51. The molecule has 0 bridgehead atoms. The first-order chi connectivity index (χ1) is 18.6. The van der Waals surface area contributed by atoms with E-state index >= 15 is 4.39 Å². The fraction of sp³-hybridized carbons (Fsp3) is 0.593. The Bertz CT molecular complexity index is 1340. The van der Waals surface area contributed by atoms with Crippen molar-refractivity contribution < 1.29 is 47.4 Å². The van der Waals surface area contributed by atoms with Crippen LogP contribution in [0.5, 0.6) is 5.75 Å². The van der Waals surface area contributed by atoms with Crippen molar-refractivity contribution in [1.82, 2.24) is 9.80 Å². The number of nitrogens with zero attached hydrogens (tertiary/aromatic N) is 2. The summed E-state index contributed by atoms with van der Waals surface area (Å²) in [6.45, 7) is -0.0432. The molecule has 216 valence electrons. The Labute approximate surface area is 227 Å². The Kier molecular flexibility index (Phi) is 6.70. The predicted molar refractivity (Wildman–Crippen MR) is 131 cm³/mol. The number of piperidine rings is 1. The number of aromatic hydroxyl groups is 1. The van der Waals surface area contributed by atoms with E-state index in [0.29, 0.717) is 0 Å². The van der Waals surface area contributed by atoms with Crippen molar-refractivity contribution in [2.75, 3.05) is 27.2 Å². The molecule has 6 atom stereocenters. The summed E-state index contributed by atoms with van der Waals surface area (Å²) in [4.78, 5) is 68.7. The minimum atomic E-state index is -2.86. The second-order valence-corrected chi connectivity index (χ2v) is 11.6. The zero-order chi connectivity index (χ0) is 29.5. The molecule has 1 amide bonds. The number of carbonyl (C=O) groups is 5. The summed E-state index contributed by atoms with van der Waals surface area (Å²) in [6, 6.07) is -0.233. The van der Waals surface area contributed by atoms with Crippen molar-refractivity contribution in [1.29, 1.82) is 0 Å². The lowest BCUT2D eigenvalue weighted by Gasteiger charge is -2.52. The summed E-state index contributed by atoms with van der Waals surface area (Å²) in [6.07, 6.45) is -1.19. The van der Waals surface area contributed by atoms with Crippen molar-refractivity contribution in [2.45, 2.75) is 49.8 Å². The lowest BCUT2D eigenvalue weighted by molar-refractivity contribution is -0.181. The van der Waals surface area contributed by atoms with Crippen molar-refractivity contribution >= 4 is 29.0 Å². The van der Waals surface area contributed by atoms with Crippen LogP contribution in [0.2, 0.25) is 0 Å². The number of phenolic OH excluding ortho intramolecular Hbond substituents is 1. The summed E-state index contributed by atoms with van der Waals surface area (Å²) in [5.74, 6) is -15.9. The molecular weight excluding hydrogens is 535 g/mol. The Morgan fingerprint density at radius 2 is 1.77 bits per heavy atom. The second kappa shape index (κ2) is 9.45. The summed E-state index contributed by atoms with van der Waals surface area (Å²) < 4.78 is 42.9. The maximum Gasteiger partial charge on any atom is 0.250 e. The normalized spacial score (nSPS) is 33.9. The molecule has 0 spiro atoms. The largest absolute Gasteiger partial charge is 0.507 e. The fourth-order valence-corrected chi connectivity index (χ4v) is 7.10. The van der Waals surface area contributed by atoms with E-state index in [0.717, 1.165) is 6.07 Å². The standard InChI is InChI=1S/C27H30F3N3O7/c1-32(2)20-14-8-11-7-13-17(15(34)9-12(19(13)28)10-33-5-3-26(29,30)4-6-33)21(35)16(11)23(37)27(14,40)24(38)18(22(20)36)25(31)39/h9,11,14,16,18,20,34,40H,3-8,10H2,1-2H3,(H2,31,39)/t11-,14-,16?,18?,20-,27-/m0/s1. The van der Waals surface area contributed by atoms with Crippen molar-refractivity contribution in [2.24, 2.45) is 29.4 Å². The van der Waals surface area contributed by atoms with Crippen LogP contribution >= 0.6 is 0 Å². The van der Waals surface area contributed by atoms with Crippen LogP contribution in [-0.4, -0.2) is 93.8 Å². The van der Waals surface area contributed by atoms with E-state index in [9.17, 15) is 43.0 Å². The first kappa shape index (κ1) is 28.4. The Morgan fingerprint density at radius 1 is 1.15 bits per heavy atom. The number of amides is 1. The molecule has 1 aliphatic heterocycles. The number of Topliss-reactive ketones (excluding diaryl/α,β-unsaturated/α-hetero) is 4. The molecule has 13 heteroatoms. The number of benzene rings is 1. The van der Waals surface area contributed by atoms with Gasteiger partial charge in [-0.2, -0.15) is 0 Å². The molecule has 1 saturated heterocycles. The highest BCUT2D eigenvalue weighted by atomic mass is 19.3. The van der Waals surface area contributed by atoms with Gasteiger partial charge in [0.25, 0.3) is 5.92 Å². The van der Waals surface area contributed by atoms with Crippen LogP contribution in [0.4, 0.5) is 13.2 Å². The number of halogens is 3. The SMILES string of the molecule is CN(C)[C@@H]1C(=O)C(C(N)=O)C(=O)[C@@]2(O)C(=O)C3C(=O)c4c(O)cc(CN5CCC(F)(F)CC5)c(F)c4C[C@H]3C[C@@H]12. The van der Waals surface area contributed by atoms with Gasteiger partial charge in [0.15, 0.2) is 34.7 Å². The van der Waals surface area contributed by atoms with Crippen LogP contribution in [0.15, 0.2) is 6.07 Å². The number of fused-ring (bicyclic) bond motifs is 3. The number of alkyl halides is 2. The molecule has 3 fully saturated rings. The number of hydrogen-bond acceptors (Lipinski definition) is 9. The molecule has 1 aromatic carbocycles. The van der Waals surface area contributed by atoms with E-state index in [4.69, 9.17) is 5.73 Å². The van der Waals surface area contributed by atoms with E-state index in [1.54, 1.807) is 4.90 Å². The number of likely N-dealkylation sites (N-methyl/N-ethyl adjacent to an activating group) is 1. The van der Waals surface area contributed by atoms with E-state index in [-0.39, 0.29) is 56.4 Å². The summed E-state index contributed by atoms with van der Waals surface area (Å²) in [5, 5.41) is 22.3. The number of ketones is 4. The van der Waals surface area contributed by atoms with Gasteiger partial charge in [-0.1, -0.05) is 0 Å². The van der Waals surface area contributed by atoms with Crippen molar-refractivity contribution in [3.63, 3.8) is 0 Å². The number of carbonyl (C=O) groups excluding carboxylic acids is 5. The molecule has 3 aliphatic carbocycles. The van der Waals surface area contributed by atoms with Gasteiger partial charge in [-0.15, -0.1) is 0 Å². The molecule has 0 radical (unpaired) electrons. The van der Waals surface area contributed by atoms with Crippen molar-refractivity contribution in [3.05, 3.63) is 28.6 Å². The molecule has 10 nitrogen and oxygen atoms in total. The molecule has 4 aliphatic rings. The number of nitrogens with two attached hydrogens (primary N) is 1. The fourth-order valence-electron chi connectivity index (χ4n) is 7.10. The van der Waals surface area contributed by atoms with Gasteiger partial charge in [-0.05, 0) is 38.9 Å². The molecule has 2 unspecified atom stereocenters. The minimum Gasteiger partial charge on any atom is -0.507 e. The molecule has 2 saturated carbocycles. The van der Waals surface area contributed by atoms with Crippen LogP contribution in [-0.2, 0) is 32.1 Å². The Morgan fingerprint density at radius 3 is 2.35 bits per heavy atom. The Hall–Kier alpha value is -3.16. The molecule has 0 aromatic heterocycles. The zero-order valence-corrected chi connectivity index (χ0v) is 22.0. The third kappa shape index (κ3) is 4.08. The number of primary amides is 1. The average molecular weight is 566 g/mol. The third-order valence-corrected chi connectivity index (χ3v) is 9.05. The summed E-state index contributed by atoms with van der Waals surface area (Å²) >= 11 is 0. The van der Waals surface area contributed by atoms with Gasteiger partial charge in [0, 0.05) is 49.5 Å². The van der Waals surface area contributed by atoms with Crippen LogP contribution in [0.3, 0.4) is 0 Å². The lowest BCUT2D eigenvalue weighted by atomic mass is 9.52. The van der Waals surface area contributed by atoms with E-state index in [2.05, 4.69) is 0 Å². The molecule has 4 N–H and O–H groups in total. The first-order valence-corrected chi connectivity index (χ1v) is 13.1. The number of aliphatic hydroxyl groups is 1. The van der Waals surface area contributed by atoms with E-state index in [1.165, 1.54) is 19.0 Å². The highest BCUT2D eigenvalue weighted by Gasteiger charge is 2.69. The number of phenols is 1. The molecule has 40 heavy (non-hydrogen) atoms. The first-order valence-electron chi connectivity index (χ1n) is 13.1. The van der Waals surface area contributed by atoms with Gasteiger partial charge >= 0.3 is 0 Å². The maximum atomic E-state index is 15.8. The molecule has 1 aromatic rings. The van der Waals surface area contributed by atoms with Crippen molar-refractivity contribution in [3.8, 4) is 5.75 Å². The van der Waals surface area contributed by atoms with Gasteiger partial charge in [-0.3, -0.25) is 33.8 Å². The third-order valence-electron chi connectivity index (χ3n) is 9.05. The topological polar surface area (TPSA) is 158 Å². The van der Waals surface area contributed by atoms with Crippen LogP contribution in [0.1, 0.15) is 40.7 Å². The number of likely N-dealkylation sites (tertiary alicyclic amines) is 1. The van der Waals surface area contributed by atoms with Gasteiger partial charge in [-0.25, -0.2) is 13.2 Å². The van der Waals surface area contributed by atoms with Gasteiger partial charge < -0.3 is 15.9 Å². The maximum absolute atomic E-state index is 15.8.